The number of nitrogens with zero attached hydrogens (tertiary/aromatic N) is 4. The topological polar surface area (TPSA) is 131 Å². The second kappa shape index (κ2) is 8.56. The number of allylic oxidation sites excluding steroid dienone is 1. The highest BCUT2D eigenvalue weighted by Gasteiger charge is 2.32. The number of anilines is 3. The van der Waals surface area contributed by atoms with E-state index in [1.54, 1.807) is 23.0 Å². The maximum atomic E-state index is 14.8. The molecule has 2 atom stereocenters. The zero-order valence-corrected chi connectivity index (χ0v) is 18.1. The van der Waals surface area contributed by atoms with Crippen LogP contribution in [0.1, 0.15) is 27.5 Å². The molecule has 5 N–H and O–H groups in total. The zero-order valence-electron chi connectivity index (χ0n) is 18.1. The summed E-state index contributed by atoms with van der Waals surface area (Å²) < 4.78 is 16.4. The number of hydrogen-bond acceptors (Lipinski definition) is 7. The molecular formula is C24H22FN7O2. The Morgan fingerprint density at radius 3 is 2.94 bits per heavy atom. The first-order chi connectivity index (χ1) is 16.4. The lowest BCUT2D eigenvalue weighted by Gasteiger charge is -2.20. The summed E-state index contributed by atoms with van der Waals surface area (Å²) in [5.74, 6) is -1.04. The van der Waals surface area contributed by atoms with E-state index in [1.807, 2.05) is 24.3 Å². The summed E-state index contributed by atoms with van der Waals surface area (Å²) in [4.78, 5) is 20.5. The van der Waals surface area contributed by atoms with Gasteiger partial charge in [0.25, 0.3) is 5.91 Å². The lowest BCUT2D eigenvalue weighted by Crippen LogP contribution is -2.24. The molecule has 0 aliphatic heterocycles. The van der Waals surface area contributed by atoms with Crippen LogP contribution < -0.4 is 16.4 Å². The van der Waals surface area contributed by atoms with Crippen molar-refractivity contribution in [1.29, 1.82) is 0 Å². The average molecular weight is 459 g/mol. The van der Waals surface area contributed by atoms with Crippen molar-refractivity contribution in [3.63, 3.8) is 0 Å². The van der Waals surface area contributed by atoms with Crippen LogP contribution in [0, 0.1) is 5.82 Å². The Hall–Kier alpha value is -4.31. The van der Waals surface area contributed by atoms with Gasteiger partial charge < -0.3 is 21.5 Å². The van der Waals surface area contributed by atoms with Crippen molar-refractivity contribution in [2.75, 3.05) is 10.6 Å². The minimum Gasteiger partial charge on any atom is -0.390 e. The molecule has 9 nitrogen and oxygen atoms in total. The second-order valence-electron chi connectivity index (χ2n) is 8.04. The van der Waals surface area contributed by atoms with Gasteiger partial charge >= 0.3 is 0 Å². The van der Waals surface area contributed by atoms with Crippen molar-refractivity contribution < 1.29 is 14.3 Å². The molecule has 0 spiro atoms. The highest BCUT2D eigenvalue weighted by molar-refractivity contribution is 5.97. The van der Waals surface area contributed by atoms with Gasteiger partial charge in [0.2, 0.25) is 5.95 Å². The number of nitrogens with two attached hydrogens (primary N) is 1. The van der Waals surface area contributed by atoms with Crippen molar-refractivity contribution in [1.82, 2.24) is 19.7 Å². The Labute approximate surface area is 194 Å². The number of amides is 1. The van der Waals surface area contributed by atoms with E-state index in [9.17, 15) is 14.3 Å². The first-order valence-corrected chi connectivity index (χ1v) is 10.7. The molecule has 0 bridgehead atoms. The van der Waals surface area contributed by atoms with Crippen molar-refractivity contribution in [3.8, 4) is 0 Å². The van der Waals surface area contributed by atoms with Gasteiger partial charge in [0, 0.05) is 18.0 Å². The number of nitrogens with one attached hydrogen (secondary N) is 2. The standard InChI is InChI=1S/C24H22FN7O2/c1-2-7-32-19-10-18(17(25)8-14(19)11-28-32)29-24-27-12-16(22(26)34)23(31-24)30-21-15-6-4-3-5-13(15)9-20(21)33/h2-6,8,10-12,20-21,33H,1,7,9H2,(H2,26,34)(H2,27,29,30,31)/t20-,21+/m1/s1. The van der Waals surface area contributed by atoms with Crippen LogP contribution >= 0.6 is 0 Å². The van der Waals surface area contributed by atoms with E-state index in [-0.39, 0.29) is 23.0 Å². The monoisotopic (exact) mass is 459 g/mol. The third-order valence-corrected chi connectivity index (χ3v) is 5.83. The molecular weight excluding hydrogens is 437 g/mol. The number of aromatic nitrogens is 4. The fourth-order valence-corrected chi connectivity index (χ4v) is 4.21. The van der Waals surface area contributed by atoms with Crippen molar-refractivity contribution in [2.45, 2.75) is 25.1 Å². The quantitative estimate of drug-likeness (QED) is 0.312. The molecule has 34 heavy (non-hydrogen) atoms. The zero-order chi connectivity index (χ0) is 23.8. The molecule has 10 heteroatoms. The van der Waals surface area contributed by atoms with E-state index in [4.69, 9.17) is 5.73 Å². The van der Waals surface area contributed by atoms with Crippen molar-refractivity contribution in [2.24, 2.45) is 5.73 Å². The van der Waals surface area contributed by atoms with Crippen LogP contribution in [0.4, 0.5) is 21.8 Å². The molecule has 4 aromatic rings. The molecule has 2 aromatic carbocycles. The Kier molecular flexibility index (Phi) is 5.42. The number of rotatable bonds is 7. The molecule has 2 aromatic heterocycles. The SMILES string of the molecule is C=CCn1ncc2cc(F)c(Nc3ncc(C(N)=O)c(N[C@H]4c5ccccc5C[C@H]4O)n3)cc21. The summed E-state index contributed by atoms with van der Waals surface area (Å²) >= 11 is 0. The van der Waals surface area contributed by atoms with Crippen molar-refractivity contribution >= 4 is 34.3 Å². The third kappa shape index (κ3) is 3.84. The summed E-state index contributed by atoms with van der Waals surface area (Å²) in [7, 11) is 0. The molecule has 0 radical (unpaired) electrons. The highest BCUT2D eigenvalue weighted by Crippen LogP contribution is 2.34. The highest BCUT2D eigenvalue weighted by atomic mass is 19.1. The van der Waals surface area contributed by atoms with Gasteiger partial charge in [0.05, 0.1) is 41.7 Å². The first-order valence-electron chi connectivity index (χ1n) is 10.7. The Balaban J connectivity index is 1.49. The number of carbonyl (C=O) groups excluding carboxylic acids is 1. The van der Waals surface area contributed by atoms with Gasteiger partial charge in [-0.05, 0) is 23.3 Å². The number of benzene rings is 2. The molecule has 0 saturated carbocycles. The Morgan fingerprint density at radius 2 is 2.15 bits per heavy atom. The Bertz CT molecular complexity index is 1420. The van der Waals surface area contributed by atoms with Gasteiger partial charge in [-0.25, -0.2) is 9.37 Å². The fourth-order valence-electron chi connectivity index (χ4n) is 4.21. The summed E-state index contributed by atoms with van der Waals surface area (Å²) in [6, 6.07) is 10.1. The van der Waals surface area contributed by atoms with Crippen LogP contribution in [0.25, 0.3) is 10.9 Å². The number of aliphatic hydroxyl groups excluding tert-OH is 1. The van der Waals surface area contributed by atoms with Crippen LogP contribution in [0.2, 0.25) is 0 Å². The number of aliphatic hydroxyl groups is 1. The van der Waals surface area contributed by atoms with Crippen molar-refractivity contribution in [3.05, 3.63) is 84.0 Å². The lowest BCUT2D eigenvalue weighted by molar-refractivity contribution is 0.1000. The summed E-state index contributed by atoms with van der Waals surface area (Å²) in [5, 5.41) is 21.5. The summed E-state index contributed by atoms with van der Waals surface area (Å²) in [5.41, 5.74) is 8.34. The maximum Gasteiger partial charge on any atom is 0.254 e. The molecule has 1 aliphatic carbocycles. The van der Waals surface area contributed by atoms with E-state index >= 15 is 0 Å². The molecule has 1 aliphatic rings. The van der Waals surface area contributed by atoms with Gasteiger partial charge in [-0.15, -0.1) is 6.58 Å². The smallest absolute Gasteiger partial charge is 0.254 e. The average Bonchev–Trinajstić information content (AvgIpc) is 3.34. The van der Waals surface area contributed by atoms with Crippen LogP contribution in [-0.4, -0.2) is 36.9 Å². The fraction of sp³-hybridized carbons (Fsp3) is 0.167. The van der Waals surface area contributed by atoms with Gasteiger partial charge in [-0.2, -0.15) is 10.1 Å². The van der Waals surface area contributed by atoms with Crippen LogP contribution in [0.3, 0.4) is 0 Å². The Morgan fingerprint density at radius 1 is 1.32 bits per heavy atom. The number of primary amides is 1. The number of hydrogen-bond donors (Lipinski definition) is 4. The van der Waals surface area contributed by atoms with E-state index in [2.05, 4.69) is 32.3 Å². The second-order valence-corrected chi connectivity index (χ2v) is 8.04. The minimum atomic E-state index is -0.726. The van der Waals surface area contributed by atoms with Gasteiger partial charge in [-0.1, -0.05) is 30.3 Å². The lowest BCUT2D eigenvalue weighted by atomic mass is 10.1. The molecule has 5 rings (SSSR count). The molecule has 0 fully saturated rings. The largest absolute Gasteiger partial charge is 0.390 e. The predicted molar refractivity (Wildman–Crippen MR) is 126 cm³/mol. The van der Waals surface area contributed by atoms with E-state index in [0.717, 1.165) is 11.1 Å². The number of halogens is 1. The van der Waals surface area contributed by atoms with Crippen LogP contribution in [0.15, 0.2) is 61.4 Å². The first kappa shape index (κ1) is 21.5. The van der Waals surface area contributed by atoms with E-state index in [0.29, 0.717) is 23.9 Å². The minimum absolute atomic E-state index is 0.0568. The normalized spacial score (nSPS) is 16.9. The number of fused-ring (bicyclic) bond motifs is 2. The molecule has 1 amide bonds. The van der Waals surface area contributed by atoms with Gasteiger partial charge in [0.1, 0.15) is 11.6 Å². The number of carbonyl (C=O) groups is 1. The van der Waals surface area contributed by atoms with Crippen LogP contribution in [0.5, 0.6) is 0 Å². The van der Waals surface area contributed by atoms with E-state index in [1.165, 1.54) is 12.3 Å². The molecule has 2 heterocycles. The maximum absolute atomic E-state index is 14.8. The third-order valence-electron chi connectivity index (χ3n) is 5.83. The van der Waals surface area contributed by atoms with Gasteiger partial charge in [-0.3, -0.25) is 9.48 Å². The summed E-state index contributed by atoms with van der Waals surface area (Å²) in [6.45, 7) is 4.18. The summed E-state index contributed by atoms with van der Waals surface area (Å²) in [6.07, 6.45) is 4.30. The molecule has 0 saturated heterocycles. The van der Waals surface area contributed by atoms with Crippen LogP contribution in [-0.2, 0) is 13.0 Å². The molecule has 0 unspecified atom stereocenters. The van der Waals surface area contributed by atoms with Gasteiger partial charge in [0.15, 0.2) is 0 Å². The molecule has 172 valence electrons. The predicted octanol–water partition coefficient (Wildman–Crippen LogP) is 3.06. The van der Waals surface area contributed by atoms with E-state index < -0.39 is 23.9 Å².